The molecule has 2 N–H and O–H groups in total. The first-order valence-electron chi connectivity index (χ1n) is 9.17. The van der Waals surface area contributed by atoms with Crippen LogP contribution in [-0.2, 0) is 9.59 Å². The molecular weight excluding hydrogens is 352 g/mol. The predicted octanol–water partition coefficient (Wildman–Crippen LogP) is 5.41. The molecule has 1 aromatic rings. The molecule has 0 spiro atoms. The lowest BCUT2D eigenvalue weighted by Gasteiger charge is -2.36. The van der Waals surface area contributed by atoms with E-state index in [1.807, 2.05) is 6.92 Å². The van der Waals surface area contributed by atoms with Gasteiger partial charge >= 0.3 is 0 Å². The monoisotopic (exact) mass is 378 g/mol. The number of rotatable bonds is 8. The molecule has 4 heteroatoms. The highest BCUT2D eigenvalue weighted by atomic mass is 16.3. The number of allylic oxidation sites excluding steroid dienone is 5. The molecule has 0 heterocycles. The topological polar surface area (TPSA) is 74.6 Å². The van der Waals surface area contributed by atoms with Crippen LogP contribution >= 0.6 is 0 Å². The SMILES string of the molecule is C=CCC1=C(O)/C(=C(\O)c2ccccc2)C(=O)C(CC=C)(CCC(=C)C)C1=O. The molecule has 0 aromatic heterocycles. The molecule has 0 fully saturated rings. The first kappa shape index (κ1) is 21.2. The Hall–Kier alpha value is -3.14. The Bertz CT molecular complexity index is 886. The molecule has 0 saturated carbocycles. The molecule has 0 radical (unpaired) electrons. The molecule has 28 heavy (non-hydrogen) atoms. The van der Waals surface area contributed by atoms with Crippen LogP contribution in [0.2, 0.25) is 0 Å². The first-order chi connectivity index (χ1) is 13.3. The van der Waals surface area contributed by atoms with Crippen LogP contribution in [0.25, 0.3) is 5.76 Å². The third kappa shape index (κ3) is 3.77. The molecule has 0 bridgehead atoms. The van der Waals surface area contributed by atoms with E-state index in [2.05, 4.69) is 19.7 Å². The molecule has 1 aromatic carbocycles. The zero-order valence-corrected chi connectivity index (χ0v) is 16.2. The van der Waals surface area contributed by atoms with Gasteiger partial charge in [-0.1, -0.05) is 48.1 Å². The highest BCUT2D eigenvalue weighted by molar-refractivity contribution is 6.26. The summed E-state index contributed by atoms with van der Waals surface area (Å²) in [5.74, 6) is -1.86. The lowest BCUT2D eigenvalue weighted by Crippen LogP contribution is -2.45. The van der Waals surface area contributed by atoms with Gasteiger partial charge in [0.1, 0.15) is 22.5 Å². The summed E-state index contributed by atoms with van der Waals surface area (Å²) in [7, 11) is 0. The zero-order chi connectivity index (χ0) is 20.9. The van der Waals surface area contributed by atoms with Gasteiger partial charge in [0.25, 0.3) is 0 Å². The van der Waals surface area contributed by atoms with Gasteiger partial charge in [-0.2, -0.15) is 0 Å². The molecule has 146 valence electrons. The van der Waals surface area contributed by atoms with E-state index < -0.39 is 22.7 Å². The second-order valence-corrected chi connectivity index (χ2v) is 7.10. The molecule has 2 rings (SSSR count). The fraction of sp³-hybridized carbons (Fsp3) is 0.250. The number of hydrogen-bond donors (Lipinski definition) is 2. The van der Waals surface area contributed by atoms with Crippen LogP contribution < -0.4 is 0 Å². The molecule has 0 aliphatic heterocycles. The molecule has 0 amide bonds. The summed E-state index contributed by atoms with van der Waals surface area (Å²) < 4.78 is 0. The van der Waals surface area contributed by atoms with E-state index in [1.165, 1.54) is 12.2 Å². The first-order valence-corrected chi connectivity index (χ1v) is 9.17. The molecule has 1 aliphatic carbocycles. The van der Waals surface area contributed by atoms with Crippen molar-refractivity contribution in [2.24, 2.45) is 5.41 Å². The summed E-state index contributed by atoms with van der Waals surface area (Å²) in [6.45, 7) is 13.0. The minimum atomic E-state index is -1.43. The third-order valence-corrected chi connectivity index (χ3v) is 5.00. The average Bonchev–Trinajstić information content (AvgIpc) is 2.68. The highest BCUT2D eigenvalue weighted by Gasteiger charge is 2.52. The van der Waals surface area contributed by atoms with E-state index in [-0.39, 0.29) is 36.2 Å². The Morgan fingerprint density at radius 2 is 1.75 bits per heavy atom. The second-order valence-electron chi connectivity index (χ2n) is 7.10. The third-order valence-electron chi connectivity index (χ3n) is 5.00. The van der Waals surface area contributed by atoms with Crippen LogP contribution in [0.4, 0.5) is 0 Å². The number of hydrogen-bond acceptors (Lipinski definition) is 4. The number of Topliss-reactive ketones (excluding diaryl/α,β-unsaturated/α-hetero) is 2. The number of benzene rings is 1. The maximum atomic E-state index is 13.5. The van der Waals surface area contributed by atoms with Gasteiger partial charge in [-0.05, 0) is 32.6 Å². The van der Waals surface area contributed by atoms with Crippen molar-refractivity contribution in [3.05, 3.63) is 90.3 Å². The number of carbonyl (C=O) groups is 2. The summed E-state index contributed by atoms with van der Waals surface area (Å²) >= 11 is 0. The van der Waals surface area contributed by atoms with Gasteiger partial charge in [-0.3, -0.25) is 9.59 Å². The average molecular weight is 378 g/mol. The Balaban J connectivity index is 2.79. The predicted molar refractivity (Wildman–Crippen MR) is 112 cm³/mol. The van der Waals surface area contributed by atoms with Crippen molar-refractivity contribution < 1.29 is 19.8 Å². The molecule has 0 saturated heterocycles. The van der Waals surface area contributed by atoms with Crippen molar-refractivity contribution >= 4 is 17.3 Å². The standard InChI is InChI=1S/C24H26O4/c1-5-10-18-21(26)19(20(25)17-11-8-7-9-12-17)23(28)24(14-6-2,22(18)27)15-13-16(3)4/h5-9,11-12,25-26H,1-3,10,13-15H2,4H3/b20-19+. The minimum Gasteiger partial charge on any atom is -0.507 e. The van der Waals surface area contributed by atoms with E-state index >= 15 is 0 Å². The van der Waals surface area contributed by atoms with Gasteiger partial charge in [0, 0.05) is 11.1 Å². The van der Waals surface area contributed by atoms with Crippen LogP contribution in [0.3, 0.4) is 0 Å². The van der Waals surface area contributed by atoms with Gasteiger partial charge < -0.3 is 10.2 Å². The molecule has 1 unspecified atom stereocenters. The van der Waals surface area contributed by atoms with Crippen LogP contribution in [0.15, 0.2) is 84.7 Å². The maximum absolute atomic E-state index is 13.5. The van der Waals surface area contributed by atoms with Crippen molar-refractivity contribution in [1.82, 2.24) is 0 Å². The van der Waals surface area contributed by atoms with Gasteiger partial charge in [-0.15, -0.1) is 19.7 Å². The number of carbonyl (C=O) groups excluding carboxylic acids is 2. The van der Waals surface area contributed by atoms with E-state index in [0.29, 0.717) is 12.0 Å². The molecule has 4 nitrogen and oxygen atoms in total. The highest BCUT2D eigenvalue weighted by Crippen LogP contribution is 2.45. The molecular formula is C24H26O4. The van der Waals surface area contributed by atoms with Crippen LogP contribution in [0.5, 0.6) is 0 Å². The Morgan fingerprint density at radius 3 is 2.29 bits per heavy atom. The van der Waals surface area contributed by atoms with Crippen LogP contribution in [-0.4, -0.2) is 21.8 Å². The minimum absolute atomic E-state index is 0.0793. The lowest BCUT2D eigenvalue weighted by molar-refractivity contribution is -0.138. The van der Waals surface area contributed by atoms with Crippen molar-refractivity contribution in [2.45, 2.75) is 32.6 Å². The van der Waals surface area contributed by atoms with Crippen molar-refractivity contribution in [3.8, 4) is 0 Å². The smallest absolute Gasteiger partial charge is 0.184 e. The number of aliphatic hydroxyl groups is 2. The summed E-state index contributed by atoms with van der Waals surface area (Å²) in [6, 6.07) is 8.48. The fourth-order valence-corrected chi connectivity index (χ4v) is 3.48. The van der Waals surface area contributed by atoms with Gasteiger partial charge in [-0.25, -0.2) is 0 Å². The van der Waals surface area contributed by atoms with Gasteiger partial charge in [0.05, 0.1) is 0 Å². The second kappa shape index (κ2) is 8.70. The summed E-state index contributed by atoms with van der Waals surface area (Å²) in [6.07, 6.45) is 3.92. The van der Waals surface area contributed by atoms with E-state index in [9.17, 15) is 19.8 Å². The van der Waals surface area contributed by atoms with Gasteiger partial charge in [0.15, 0.2) is 11.6 Å². The summed E-state index contributed by atoms with van der Waals surface area (Å²) in [5.41, 5.74) is -0.353. The Morgan fingerprint density at radius 1 is 1.11 bits per heavy atom. The fourth-order valence-electron chi connectivity index (χ4n) is 3.48. The molecule has 1 atom stereocenters. The van der Waals surface area contributed by atoms with Crippen LogP contribution in [0.1, 0.15) is 38.2 Å². The summed E-state index contributed by atoms with van der Waals surface area (Å²) in [4.78, 5) is 26.8. The molecule has 1 aliphatic rings. The summed E-state index contributed by atoms with van der Waals surface area (Å²) in [5, 5.41) is 21.6. The zero-order valence-electron chi connectivity index (χ0n) is 16.2. The Labute approximate surface area is 165 Å². The maximum Gasteiger partial charge on any atom is 0.184 e. The lowest BCUT2D eigenvalue weighted by atomic mass is 9.64. The number of ketones is 2. The van der Waals surface area contributed by atoms with E-state index in [4.69, 9.17) is 0 Å². The largest absolute Gasteiger partial charge is 0.507 e. The van der Waals surface area contributed by atoms with Crippen molar-refractivity contribution in [2.75, 3.05) is 0 Å². The number of aliphatic hydroxyl groups excluding tert-OH is 2. The van der Waals surface area contributed by atoms with E-state index in [0.717, 1.165) is 5.57 Å². The van der Waals surface area contributed by atoms with Crippen molar-refractivity contribution in [1.29, 1.82) is 0 Å². The van der Waals surface area contributed by atoms with Crippen molar-refractivity contribution in [3.63, 3.8) is 0 Å². The quantitative estimate of drug-likeness (QED) is 0.274. The Kier molecular flexibility index (Phi) is 6.57. The van der Waals surface area contributed by atoms with E-state index in [1.54, 1.807) is 30.3 Å². The van der Waals surface area contributed by atoms with Gasteiger partial charge in [0.2, 0.25) is 0 Å². The van der Waals surface area contributed by atoms with Crippen LogP contribution in [0, 0.1) is 5.41 Å². The normalized spacial score (nSPS) is 21.5.